The van der Waals surface area contributed by atoms with Crippen LogP contribution in [0.2, 0.25) is 0 Å². The summed E-state index contributed by atoms with van der Waals surface area (Å²) in [6.45, 7) is 2.10. The largest absolute Gasteiger partial charge is 0.496 e. The zero-order chi connectivity index (χ0) is 21.6. The molecule has 0 radical (unpaired) electrons. The molecule has 0 unspecified atom stereocenters. The van der Waals surface area contributed by atoms with Gasteiger partial charge in [-0.1, -0.05) is 48.5 Å². The number of hydrogen-bond acceptors (Lipinski definition) is 4. The number of amides is 2. The van der Waals surface area contributed by atoms with Crippen LogP contribution >= 0.6 is 0 Å². The van der Waals surface area contributed by atoms with Crippen LogP contribution in [-0.2, 0) is 19.5 Å². The third-order valence-corrected chi connectivity index (χ3v) is 5.42. The van der Waals surface area contributed by atoms with Gasteiger partial charge in [-0.05, 0) is 24.5 Å². The van der Waals surface area contributed by atoms with E-state index in [-0.39, 0.29) is 17.5 Å². The number of nitrogens with one attached hydrogen (secondary N) is 1. The molecule has 1 aromatic heterocycles. The maximum Gasteiger partial charge on any atom is 0.272 e. The van der Waals surface area contributed by atoms with Crippen molar-refractivity contribution in [2.45, 2.75) is 25.9 Å². The monoisotopic (exact) mass is 418 g/mol. The molecule has 0 saturated heterocycles. The van der Waals surface area contributed by atoms with Gasteiger partial charge in [-0.15, -0.1) is 0 Å². The predicted molar refractivity (Wildman–Crippen MR) is 117 cm³/mol. The van der Waals surface area contributed by atoms with Crippen LogP contribution in [-0.4, -0.2) is 46.7 Å². The maximum atomic E-state index is 13.0. The third-order valence-electron chi connectivity index (χ3n) is 5.42. The lowest BCUT2D eigenvalue weighted by Gasteiger charge is -2.28. The van der Waals surface area contributed by atoms with Crippen LogP contribution in [0.5, 0.6) is 5.75 Å². The van der Waals surface area contributed by atoms with Crippen LogP contribution in [0.4, 0.5) is 0 Å². The van der Waals surface area contributed by atoms with Crippen molar-refractivity contribution in [2.24, 2.45) is 0 Å². The second-order valence-electron chi connectivity index (χ2n) is 7.52. The van der Waals surface area contributed by atoms with E-state index in [2.05, 4.69) is 22.5 Å². The Labute approximate surface area is 181 Å². The second-order valence-corrected chi connectivity index (χ2v) is 7.52. The average molecular weight is 418 g/mol. The van der Waals surface area contributed by atoms with Crippen molar-refractivity contribution < 1.29 is 14.3 Å². The highest BCUT2D eigenvalue weighted by Crippen LogP contribution is 2.22. The minimum Gasteiger partial charge on any atom is -0.496 e. The summed E-state index contributed by atoms with van der Waals surface area (Å²) in [5.74, 6) is 0.372. The van der Waals surface area contributed by atoms with Gasteiger partial charge in [-0.25, -0.2) is 0 Å². The van der Waals surface area contributed by atoms with Gasteiger partial charge in [0.05, 0.1) is 13.7 Å². The van der Waals surface area contributed by atoms with Crippen LogP contribution in [0.25, 0.3) is 0 Å². The van der Waals surface area contributed by atoms with Crippen molar-refractivity contribution in [1.82, 2.24) is 20.0 Å². The molecule has 3 aromatic rings. The number of fused-ring (bicyclic) bond motifs is 1. The quantitative estimate of drug-likeness (QED) is 0.571. The topological polar surface area (TPSA) is 76.5 Å². The molecule has 1 aliphatic rings. The van der Waals surface area contributed by atoms with E-state index < -0.39 is 0 Å². The molecule has 160 valence electrons. The van der Waals surface area contributed by atoms with Gasteiger partial charge < -0.3 is 15.0 Å². The van der Waals surface area contributed by atoms with Crippen LogP contribution < -0.4 is 10.1 Å². The van der Waals surface area contributed by atoms with Gasteiger partial charge in [0, 0.05) is 31.3 Å². The Morgan fingerprint density at radius 3 is 2.68 bits per heavy atom. The first-order valence-electron chi connectivity index (χ1n) is 10.5. The number of hydrogen-bond donors (Lipinski definition) is 1. The Hall–Kier alpha value is -3.61. The standard InChI is InChI=1S/C24H26N4O3/c1-31-22-12-6-5-11-19(22)17-27-14-15-28-21(24(27)30)16-20(26-28)23(29)25-13-7-10-18-8-3-2-4-9-18/h2-6,8-9,11-12,16H,7,10,13-15,17H2,1H3,(H,25,29). The first kappa shape index (κ1) is 20.7. The Morgan fingerprint density at radius 1 is 1.10 bits per heavy atom. The minimum absolute atomic E-state index is 0.132. The van der Waals surface area contributed by atoms with E-state index in [1.807, 2.05) is 42.5 Å². The van der Waals surface area contributed by atoms with E-state index in [0.717, 1.165) is 24.2 Å². The van der Waals surface area contributed by atoms with Gasteiger partial charge in [0.25, 0.3) is 11.8 Å². The Balaban J connectivity index is 1.35. The molecule has 2 aromatic carbocycles. The highest BCUT2D eigenvalue weighted by molar-refractivity contribution is 5.98. The molecular weight excluding hydrogens is 392 g/mol. The number of carbonyl (C=O) groups is 2. The third kappa shape index (κ3) is 4.77. The number of carbonyl (C=O) groups excluding carboxylic acids is 2. The van der Waals surface area contributed by atoms with Crippen molar-refractivity contribution >= 4 is 11.8 Å². The van der Waals surface area contributed by atoms with Gasteiger partial charge in [0.15, 0.2) is 5.69 Å². The van der Waals surface area contributed by atoms with Gasteiger partial charge in [0.2, 0.25) is 0 Å². The van der Waals surface area contributed by atoms with E-state index in [1.165, 1.54) is 5.56 Å². The van der Waals surface area contributed by atoms with Crippen molar-refractivity contribution in [3.05, 3.63) is 83.2 Å². The van der Waals surface area contributed by atoms with Gasteiger partial charge in [-0.3, -0.25) is 14.3 Å². The number of aryl methyl sites for hydroxylation is 1. The molecule has 0 bridgehead atoms. The number of ether oxygens (including phenoxy) is 1. The molecule has 1 aliphatic heterocycles. The van der Waals surface area contributed by atoms with Crippen LogP contribution in [0.15, 0.2) is 60.7 Å². The number of aromatic nitrogens is 2. The molecule has 0 fully saturated rings. The lowest BCUT2D eigenvalue weighted by molar-refractivity contribution is 0.0681. The molecule has 2 amide bonds. The fourth-order valence-corrected chi connectivity index (χ4v) is 3.77. The Bertz CT molecular complexity index is 1060. The summed E-state index contributed by atoms with van der Waals surface area (Å²) in [7, 11) is 1.62. The summed E-state index contributed by atoms with van der Waals surface area (Å²) in [5.41, 5.74) is 2.91. The smallest absolute Gasteiger partial charge is 0.272 e. The molecule has 0 spiro atoms. The van der Waals surface area contributed by atoms with Crippen molar-refractivity contribution in [3.63, 3.8) is 0 Å². The van der Waals surface area contributed by atoms with Crippen LogP contribution in [0.1, 0.15) is 38.5 Å². The fraction of sp³-hybridized carbons (Fsp3) is 0.292. The lowest BCUT2D eigenvalue weighted by Crippen LogP contribution is -2.39. The molecule has 0 atom stereocenters. The lowest BCUT2D eigenvalue weighted by atomic mass is 10.1. The van der Waals surface area contributed by atoms with E-state index >= 15 is 0 Å². The Kier molecular flexibility index (Phi) is 6.31. The summed E-state index contributed by atoms with van der Waals surface area (Å²) >= 11 is 0. The molecule has 7 heteroatoms. The van der Waals surface area contributed by atoms with Crippen LogP contribution in [0.3, 0.4) is 0 Å². The normalized spacial score (nSPS) is 13.1. The summed E-state index contributed by atoms with van der Waals surface area (Å²) < 4.78 is 7.02. The molecule has 1 N–H and O–H groups in total. The number of nitrogens with zero attached hydrogens (tertiary/aromatic N) is 3. The molecular formula is C24H26N4O3. The van der Waals surface area contributed by atoms with Gasteiger partial charge in [0.1, 0.15) is 11.4 Å². The molecule has 7 nitrogen and oxygen atoms in total. The zero-order valence-electron chi connectivity index (χ0n) is 17.6. The summed E-state index contributed by atoms with van der Waals surface area (Å²) in [5, 5.41) is 7.25. The summed E-state index contributed by atoms with van der Waals surface area (Å²) in [4.78, 5) is 27.2. The van der Waals surface area contributed by atoms with Gasteiger partial charge >= 0.3 is 0 Å². The van der Waals surface area contributed by atoms with E-state index in [1.54, 1.807) is 22.8 Å². The number of rotatable bonds is 8. The predicted octanol–water partition coefficient (Wildman–Crippen LogP) is 2.91. The highest BCUT2D eigenvalue weighted by Gasteiger charge is 2.28. The van der Waals surface area contributed by atoms with Crippen molar-refractivity contribution in [1.29, 1.82) is 0 Å². The van der Waals surface area contributed by atoms with E-state index in [9.17, 15) is 9.59 Å². The van der Waals surface area contributed by atoms with Crippen molar-refractivity contribution in [2.75, 3.05) is 20.2 Å². The zero-order valence-corrected chi connectivity index (χ0v) is 17.6. The van der Waals surface area contributed by atoms with Crippen LogP contribution in [0, 0.1) is 0 Å². The maximum absolute atomic E-state index is 13.0. The average Bonchev–Trinajstić information content (AvgIpc) is 3.25. The second kappa shape index (κ2) is 9.47. The molecule has 4 rings (SSSR count). The highest BCUT2D eigenvalue weighted by atomic mass is 16.5. The Morgan fingerprint density at radius 2 is 1.87 bits per heavy atom. The number of para-hydroxylation sites is 1. The molecule has 2 heterocycles. The first-order chi connectivity index (χ1) is 15.2. The van der Waals surface area contributed by atoms with Gasteiger partial charge in [-0.2, -0.15) is 5.10 Å². The summed E-state index contributed by atoms with van der Waals surface area (Å²) in [6.07, 6.45) is 1.74. The SMILES string of the molecule is COc1ccccc1CN1CCn2nc(C(=O)NCCCc3ccccc3)cc2C1=O. The fourth-order valence-electron chi connectivity index (χ4n) is 3.77. The minimum atomic E-state index is -0.251. The number of methoxy groups -OCH3 is 1. The molecule has 0 saturated carbocycles. The van der Waals surface area contributed by atoms with E-state index in [0.29, 0.717) is 31.9 Å². The molecule has 0 aliphatic carbocycles. The molecule has 31 heavy (non-hydrogen) atoms. The first-order valence-corrected chi connectivity index (χ1v) is 10.5. The summed E-state index contributed by atoms with van der Waals surface area (Å²) in [6, 6.07) is 19.4. The number of benzene rings is 2. The van der Waals surface area contributed by atoms with Crippen molar-refractivity contribution in [3.8, 4) is 5.75 Å². The van der Waals surface area contributed by atoms with E-state index in [4.69, 9.17) is 4.74 Å².